The molecule has 3 amide bonds. The van der Waals surface area contributed by atoms with Gasteiger partial charge in [0.25, 0.3) is 0 Å². The molecular formula is C34H49N7O6Si. The maximum atomic E-state index is 13.8. The van der Waals surface area contributed by atoms with Crippen LogP contribution in [0.5, 0.6) is 0 Å². The van der Waals surface area contributed by atoms with Gasteiger partial charge in [0.15, 0.2) is 8.32 Å². The molecule has 5 rings (SSSR count). The molecule has 14 heteroatoms. The number of urea groups is 1. The van der Waals surface area contributed by atoms with Gasteiger partial charge >= 0.3 is 12.1 Å². The summed E-state index contributed by atoms with van der Waals surface area (Å²) in [6.07, 6.45) is 3.94. The molecule has 0 unspecified atom stereocenters. The van der Waals surface area contributed by atoms with Crippen LogP contribution in [-0.2, 0) is 26.9 Å². The summed E-state index contributed by atoms with van der Waals surface area (Å²) in [5, 5.41) is 22.3. The summed E-state index contributed by atoms with van der Waals surface area (Å²) in [4.78, 5) is 40.0. The molecule has 3 aliphatic heterocycles. The first kappa shape index (κ1) is 35.5. The van der Waals surface area contributed by atoms with Crippen molar-refractivity contribution in [2.75, 3.05) is 62.1 Å². The minimum atomic E-state index is -2.05. The van der Waals surface area contributed by atoms with Gasteiger partial charge in [-0.3, -0.25) is 10.2 Å². The molecule has 2 aromatic heterocycles. The van der Waals surface area contributed by atoms with E-state index in [4.69, 9.17) is 18.9 Å². The fourth-order valence-electron chi connectivity index (χ4n) is 6.64. The molecule has 2 N–H and O–H groups in total. The average molecular weight is 680 g/mol. The van der Waals surface area contributed by atoms with Crippen LogP contribution in [0.1, 0.15) is 75.1 Å². The van der Waals surface area contributed by atoms with E-state index < -0.39 is 20.7 Å². The molecule has 260 valence electrons. The summed E-state index contributed by atoms with van der Waals surface area (Å²) in [6, 6.07) is 5.69. The second-order valence-corrected chi connectivity index (χ2v) is 19.5. The Labute approximate surface area is 284 Å². The summed E-state index contributed by atoms with van der Waals surface area (Å²) in [5.74, 6) is 0.886. The van der Waals surface area contributed by atoms with Crippen molar-refractivity contribution in [2.45, 2.75) is 83.9 Å². The van der Waals surface area contributed by atoms with Crippen LogP contribution in [0.2, 0.25) is 18.1 Å². The number of nitrogens with zero attached hydrogens (tertiary/aromatic N) is 6. The Morgan fingerprint density at radius 2 is 1.81 bits per heavy atom. The Hall–Kier alpha value is -3.77. The minimum Gasteiger partial charge on any atom is -0.465 e. The average Bonchev–Trinajstić information content (AvgIpc) is 3.47. The van der Waals surface area contributed by atoms with E-state index in [0.29, 0.717) is 67.9 Å². The molecule has 0 aromatic carbocycles. The Morgan fingerprint density at radius 3 is 2.42 bits per heavy atom. The minimum absolute atomic E-state index is 0.0271. The third-order valence-corrected chi connectivity index (χ3v) is 15.2. The Bertz CT molecular complexity index is 1560. The molecular weight excluding hydrogens is 631 g/mol. The van der Waals surface area contributed by atoms with Crippen LogP contribution in [0.3, 0.4) is 0 Å². The van der Waals surface area contributed by atoms with Gasteiger partial charge < -0.3 is 28.8 Å². The second kappa shape index (κ2) is 14.0. The molecule has 2 fully saturated rings. The predicted molar refractivity (Wildman–Crippen MR) is 185 cm³/mol. The summed E-state index contributed by atoms with van der Waals surface area (Å²) in [6.45, 7) is 14.4. The third-order valence-electron chi connectivity index (χ3n) is 10.7. The number of nitriles is 1. The molecule has 2 saturated heterocycles. The molecule has 0 bridgehead atoms. The number of pyridine rings is 2. The lowest BCUT2D eigenvalue weighted by Crippen LogP contribution is -2.42. The van der Waals surface area contributed by atoms with E-state index in [9.17, 15) is 20.0 Å². The summed E-state index contributed by atoms with van der Waals surface area (Å²) in [5.41, 5.74) is 3.51. The number of aromatic nitrogens is 2. The van der Waals surface area contributed by atoms with E-state index in [1.807, 2.05) is 0 Å². The quantitative estimate of drug-likeness (QED) is 0.247. The predicted octanol–water partition coefficient (Wildman–Crippen LogP) is 6.12. The van der Waals surface area contributed by atoms with E-state index in [1.54, 1.807) is 25.2 Å². The lowest BCUT2D eigenvalue weighted by molar-refractivity contribution is -0.109. The number of piperidine rings is 1. The molecule has 13 nitrogen and oxygen atoms in total. The normalized spacial score (nSPS) is 17.9. The van der Waals surface area contributed by atoms with Gasteiger partial charge in [-0.05, 0) is 67.3 Å². The molecule has 0 atom stereocenters. The van der Waals surface area contributed by atoms with Gasteiger partial charge in [0.2, 0.25) is 6.29 Å². The van der Waals surface area contributed by atoms with Crippen molar-refractivity contribution < 1.29 is 28.6 Å². The molecule has 48 heavy (non-hydrogen) atoms. The van der Waals surface area contributed by atoms with Gasteiger partial charge in [-0.2, -0.15) is 5.26 Å². The van der Waals surface area contributed by atoms with Crippen molar-refractivity contribution in [1.29, 1.82) is 5.26 Å². The highest BCUT2D eigenvalue weighted by Crippen LogP contribution is 2.42. The molecule has 0 aliphatic carbocycles. The monoisotopic (exact) mass is 679 g/mol. The first-order valence-electron chi connectivity index (χ1n) is 16.6. The van der Waals surface area contributed by atoms with Gasteiger partial charge in [-0.15, -0.1) is 0 Å². The van der Waals surface area contributed by atoms with Crippen LogP contribution in [0.25, 0.3) is 0 Å². The SMILES string of the molecule is COC(OC)c1nc2c(cc1CO[Si](C)(C)C(C)(C)C)CCCN2C(=O)Nc1cc(N2CCC3(CCN(C(=O)O)C3)CC2)c(C#N)cn1. The van der Waals surface area contributed by atoms with Crippen molar-refractivity contribution in [3.8, 4) is 6.07 Å². The van der Waals surface area contributed by atoms with Crippen LogP contribution in [0, 0.1) is 16.7 Å². The van der Waals surface area contributed by atoms with Crippen LogP contribution < -0.4 is 15.1 Å². The lowest BCUT2D eigenvalue weighted by atomic mass is 9.77. The summed E-state index contributed by atoms with van der Waals surface area (Å²) in [7, 11) is 1.07. The van der Waals surface area contributed by atoms with Gasteiger partial charge in [-0.25, -0.2) is 19.6 Å². The Balaban J connectivity index is 1.35. The highest BCUT2D eigenvalue weighted by Gasteiger charge is 2.42. The van der Waals surface area contributed by atoms with E-state index in [2.05, 4.69) is 61.2 Å². The number of aryl methyl sites for hydroxylation is 1. The summed E-state index contributed by atoms with van der Waals surface area (Å²) < 4.78 is 17.8. The topological polar surface area (TPSA) is 153 Å². The largest absolute Gasteiger partial charge is 0.465 e. The number of hydrogen-bond acceptors (Lipinski definition) is 9. The number of carboxylic acid groups (broad SMARTS) is 1. The van der Waals surface area contributed by atoms with Crippen LogP contribution in [0.4, 0.5) is 26.9 Å². The molecule has 5 heterocycles. The maximum Gasteiger partial charge on any atom is 0.407 e. The van der Waals surface area contributed by atoms with Crippen LogP contribution >= 0.6 is 0 Å². The molecule has 3 aliphatic rings. The number of hydrogen-bond donors (Lipinski definition) is 2. The van der Waals surface area contributed by atoms with Crippen molar-refractivity contribution in [3.05, 3.63) is 40.7 Å². The Kier molecular flexibility index (Phi) is 10.4. The Morgan fingerprint density at radius 1 is 1.12 bits per heavy atom. The first-order chi connectivity index (χ1) is 22.7. The smallest absolute Gasteiger partial charge is 0.407 e. The third kappa shape index (κ3) is 7.29. The number of nitrogens with one attached hydrogen (secondary N) is 1. The van der Waals surface area contributed by atoms with Gasteiger partial charge in [-0.1, -0.05) is 20.8 Å². The number of carbonyl (C=O) groups excluding carboxylic acids is 1. The number of fused-ring (bicyclic) bond motifs is 1. The molecule has 0 saturated carbocycles. The van der Waals surface area contributed by atoms with E-state index in [-0.39, 0.29) is 16.5 Å². The zero-order valence-electron chi connectivity index (χ0n) is 29.3. The van der Waals surface area contributed by atoms with Crippen LogP contribution in [-0.4, -0.2) is 87.4 Å². The van der Waals surface area contributed by atoms with E-state index in [0.717, 1.165) is 43.2 Å². The van der Waals surface area contributed by atoms with Crippen molar-refractivity contribution >= 4 is 37.8 Å². The zero-order chi connectivity index (χ0) is 34.9. The number of methoxy groups -OCH3 is 2. The van der Waals surface area contributed by atoms with Gasteiger partial charge in [0, 0.05) is 64.8 Å². The van der Waals surface area contributed by atoms with Gasteiger partial charge in [0.1, 0.15) is 23.4 Å². The highest BCUT2D eigenvalue weighted by atomic mass is 28.4. The number of likely N-dealkylation sites (tertiary alicyclic amines) is 1. The molecule has 0 radical (unpaired) electrons. The molecule has 1 spiro atoms. The highest BCUT2D eigenvalue weighted by molar-refractivity contribution is 6.74. The number of rotatable bonds is 8. The fourth-order valence-corrected chi connectivity index (χ4v) is 7.59. The van der Waals surface area contributed by atoms with E-state index in [1.165, 1.54) is 11.1 Å². The first-order valence-corrected chi connectivity index (χ1v) is 19.6. The maximum absolute atomic E-state index is 13.8. The van der Waals surface area contributed by atoms with Gasteiger partial charge in [0.05, 0.1) is 17.9 Å². The number of carbonyl (C=O) groups is 2. The number of anilines is 3. The standard InChI is InChI=1S/C34H49N7O6Si/c1-33(2,3)48(6,7)47-21-24-17-23-9-8-13-41(29(23)38-28(24)30(45-4)46-5)31(42)37-27-18-26(25(19-35)20-36-27)39-14-10-34(11-15-39)12-16-40(22-34)32(43)44/h17-18,20,30H,8-16,21-22H2,1-7H3,(H,43,44)(H,36,37,42). The number of amides is 3. The number of ether oxygens (including phenoxy) is 2. The van der Waals surface area contributed by atoms with Crippen molar-refractivity contribution in [3.63, 3.8) is 0 Å². The van der Waals surface area contributed by atoms with Crippen molar-refractivity contribution in [1.82, 2.24) is 14.9 Å². The lowest BCUT2D eigenvalue weighted by Gasteiger charge is -2.40. The fraction of sp³-hybridized carbons (Fsp3) is 0.618. The van der Waals surface area contributed by atoms with Crippen LogP contribution in [0.15, 0.2) is 18.3 Å². The zero-order valence-corrected chi connectivity index (χ0v) is 30.3. The van der Waals surface area contributed by atoms with Crippen molar-refractivity contribution in [2.24, 2.45) is 5.41 Å². The second-order valence-electron chi connectivity index (χ2n) is 14.7. The van der Waals surface area contributed by atoms with E-state index >= 15 is 0 Å². The summed E-state index contributed by atoms with van der Waals surface area (Å²) >= 11 is 0. The molecule has 2 aromatic rings.